The molecule has 0 amide bonds. The van der Waals surface area contributed by atoms with Crippen LogP contribution in [0.25, 0.3) is 0 Å². The summed E-state index contributed by atoms with van der Waals surface area (Å²) >= 11 is 0. The molecule has 23 heavy (non-hydrogen) atoms. The molecule has 1 aliphatic rings. The molecule has 1 unspecified atom stereocenters. The van der Waals surface area contributed by atoms with Gasteiger partial charge in [-0.25, -0.2) is 0 Å². The monoisotopic (exact) mass is 433 g/mol. The van der Waals surface area contributed by atoms with Crippen LogP contribution < -0.4 is 5.32 Å². The van der Waals surface area contributed by atoms with Gasteiger partial charge in [-0.3, -0.25) is 9.67 Å². The lowest BCUT2D eigenvalue weighted by molar-refractivity contribution is 0.271. The lowest BCUT2D eigenvalue weighted by Crippen LogP contribution is -2.46. The van der Waals surface area contributed by atoms with E-state index >= 15 is 0 Å². The van der Waals surface area contributed by atoms with Gasteiger partial charge in [0.2, 0.25) is 0 Å². The molecule has 1 aromatic rings. The first kappa shape index (κ1) is 20.3. The number of aryl methyl sites for hydroxylation is 2. The molecule has 1 aromatic heterocycles. The van der Waals surface area contributed by atoms with E-state index in [9.17, 15) is 0 Å². The Morgan fingerprint density at radius 3 is 2.57 bits per heavy atom. The van der Waals surface area contributed by atoms with Crippen LogP contribution in [0.2, 0.25) is 0 Å². The molecule has 1 N–H and O–H groups in total. The van der Waals surface area contributed by atoms with Gasteiger partial charge in [0.1, 0.15) is 0 Å². The molecule has 0 bridgehead atoms. The predicted molar refractivity (Wildman–Crippen MR) is 108 cm³/mol. The zero-order valence-corrected chi connectivity index (χ0v) is 17.5. The Kier molecular flexibility index (Phi) is 8.36. The normalized spacial score (nSPS) is 17.8. The van der Waals surface area contributed by atoms with Gasteiger partial charge in [-0.15, -0.1) is 24.0 Å². The molecule has 5 nitrogen and oxygen atoms in total. The number of halogens is 1. The molecule has 1 aliphatic heterocycles. The maximum absolute atomic E-state index is 4.54. The van der Waals surface area contributed by atoms with E-state index in [-0.39, 0.29) is 24.0 Å². The molecule has 1 saturated heterocycles. The summed E-state index contributed by atoms with van der Waals surface area (Å²) in [5.74, 6) is 2.41. The molecule has 6 heteroatoms. The van der Waals surface area contributed by atoms with Crippen LogP contribution in [-0.4, -0.2) is 47.3 Å². The van der Waals surface area contributed by atoms with E-state index in [1.807, 2.05) is 14.0 Å². The quantitative estimate of drug-likeness (QED) is 0.451. The van der Waals surface area contributed by atoms with Crippen LogP contribution in [0.1, 0.15) is 38.1 Å². The van der Waals surface area contributed by atoms with Gasteiger partial charge < -0.3 is 10.2 Å². The minimum absolute atomic E-state index is 0. The number of hydrogen-bond donors (Lipinski definition) is 1. The first-order chi connectivity index (χ1) is 10.5. The fraction of sp³-hybridized carbons (Fsp3) is 0.765. The Morgan fingerprint density at radius 2 is 2.04 bits per heavy atom. The first-order valence-corrected chi connectivity index (χ1v) is 8.46. The van der Waals surface area contributed by atoms with E-state index in [2.05, 4.69) is 51.8 Å². The van der Waals surface area contributed by atoms with E-state index in [1.165, 1.54) is 18.5 Å². The van der Waals surface area contributed by atoms with E-state index in [0.717, 1.165) is 43.8 Å². The number of nitrogens with one attached hydrogen (secondary N) is 1. The van der Waals surface area contributed by atoms with E-state index in [4.69, 9.17) is 0 Å². The van der Waals surface area contributed by atoms with Crippen LogP contribution in [0, 0.1) is 25.7 Å². The second-order valence-corrected chi connectivity index (χ2v) is 6.81. The number of aromatic nitrogens is 2. The van der Waals surface area contributed by atoms with Crippen LogP contribution in [-0.2, 0) is 6.54 Å². The number of likely N-dealkylation sites (tertiary alicyclic amines) is 1. The third kappa shape index (κ3) is 5.97. The highest BCUT2D eigenvalue weighted by Gasteiger charge is 2.19. The highest BCUT2D eigenvalue weighted by Crippen LogP contribution is 2.16. The van der Waals surface area contributed by atoms with Gasteiger partial charge in [0, 0.05) is 38.9 Å². The Hall–Kier alpha value is -0.790. The van der Waals surface area contributed by atoms with E-state index in [1.54, 1.807) is 0 Å². The third-order valence-corrected chi connectivity index (χ3v) is 4.49. The van der Waals surface area contributed by atoms with Crippen molar-refractivity contribution >= 4 is 29.9 Å². The number of nitrogens with zero attached hydrogens (tertiary/aromatic N) is 4. The van der Waals surface area contributed by atoms with Gasteiger partial charge in [0.25, 0.3) is 0 Å². The summed E-state index contributed by atoms with van der Waals surface area (Å²) in [6, 6.07) is 2.13. The second-order valence-electron chi connectivity index (χ2n) is 6.81. The summed E-state index contributed by atoms with van der Waals surface area (Å²) in [4.78, 5) is 6.83. The summed E-state index contributed by atoms with van der Waals surface area (Å²) in [7, 11) is 1.88. The standard InChI is InChI=1S/C17H31N5.HI/c1-13-6-8-21(9-7-13)17(18-5)19-11-14(2)12-22-16(4)10-15(3)20-22;/h10,13-14H,6-9,11-12H2,1-5H3,(H,18,19);1H. The van der Waals surface area contributed by atoms with Crippen LogP contribution >= 0.6 is 24.0 Å². The molecule has 1 atom stereocenters. The Morgan fingerprint density at radius 1 is 1.39 bits per heavy atom. The smallest absolute Gasteiger partial charge is 0.193 e. The molecule has 0 aromatic carbocycles. The molecule has 0 radical (unpaired) electrons. The van der Waals surface area contributed by atoms with E-state index in [0.29, 0.717) is 5.92 Å². The SMILES string of the molecule is CN=C(NCC(C)Cn1nc(C)cc1C)N1CCC(C)CC1.I. The molecular weight excluding hydrogens is 401 g/mol. The summed E-state index contributed by atoms with van der Waals surface area (Å²) in [5.41, 5.74) is 2.33. The Labute approximate surface area is 157 Å². The maximum atomic E-state index is 4.54. The van der Waals surface area contributed by atoms with Crippen molar-refractivity contribution < 1.29 is 0 Å². The maximum Gasteiger partial charge on any atom is 0.193 e. The van der Waals surface area contributed by atoms with Crippen LogP contribution in [0.15, 0.2) is 11.1 Å². The highest BCUT2D eigenvalue weighted by molar-refractivity contribution is 14.0. The van der Waals surface area contributed by atoms with Gasteiger partial charge in [-0.05, 0) is 44.6 Å². The highest BCUT2D eigenvalue weighted by atomic mass is 127. The third-order valence-electron chi connectivity index (χ3n) is 4.49. The van der Waals surface area contributed by atoms with Gasteiger partial charge in [0.05, 0.1) is 5.69 Å². The van der Waals surface area contributed by atoms with Crippen molar-refractivity contribution in [2.75, 3.05) is 26.7 Å². The lowest BCUT2D eigenvalue weighted by Gasteiger charge is -2.33. The minimum Gasteiger partial charge on any atom is -0.356 e. The number of guanidine groups is 1. The average molecular weight is 433 g/mol. The fourth-order valence-electron chi connectivity index (χ4n) is 3.04. The van der Waals surface area contributed by atoms with Gasteiger partial charge in [-0.1, -0.05) is 13.8 Å². The first-order valence-electron chi connectivity index (χ1n) is 8.46. The van der Waals surface area contributed by atoms with E-state index < -0.39 is 0 Å². The number of piperidine rings is 1. The molecule has 2 rings (SSSR count). The summed E-state index contributed by atoms with van der Waals surface area (Å²) in [6.45, 7) is 12.9. The van der Waals surface area contributed by atoms with Gasteiger partial charge >= 0.3 is 0 Å². The van der Waals surface area contributed by atoms with Crippen LogP contribution in [0.3, 0.4) is 0 Å². The zero-order chi connectivity index (χ0) is 16.1. The molecule has 0 saturated carbocycles. The fourth-order valence-corrected chi connectivity index (χ4v) is 3.04. The largest absolute Gasteiger partial charge is 0.356 e. The molecule has 0 spiro atoms. The molecular formula is C17H32IN5. The number of hydrogen-bond acceptors (Lipinski definition) is 2. The second kappa shape index (κ2) is 9.49. The lowest BCUT2D eigenvalue weighted by atomic mass is 9.99. The van der Waals surface area contributed by atoms with Gasteiger partial charge in [-0.2, -0.15) is 5.10 Å². The van der Waals surface area contributed by atoms with Crippen molar-refractivity contribution in [2.24, 2.45) is 16.8 Å². The topological polar surface area (TPSA) is 45.5 Å². The van der Waals surface area contributed by atoms with Crippen molar-refractivity contribution in [3.8, 4) is 0 Å². The number of aliphatic imine (C=N–C) groups is 1. The van der Waals surface area contributed by atoms with Crippen molar-refractivity contribution in [3.05, 3.63) is 17.5 Å². The minimum atomic E-state index is 0. The molecule has 1 fully saturated rings. The van der Waals surface area contributed by atoms with Crippen molar-refractivity contribution in [1.29, 1.82) is 0 Å². The molecule has 132 valence electrons. The van der Waals surface area contributed by atoms with Crippen molar-refractivity contribution in [1.82, 2.24) is 20.0 Å². The Bertz CT molecular complexity index is 503. The van der Waals surface area contributed by atoms with Crippen molar-refractivity contribution in [2.45, 2.75) is 47.1 Å². The van der Waals surface area contributed by atoms with Crippen molar-refractivity contribution in [3.63, 3.8) is 0 Å². The number of rotatable bonds is 4. The van der Waals surface area contributed by atoms with Crippen LogP contribution in [0.4, 0.5) is 0 Å². The zero-order valence-electron chi connectivity index (χ0n) is 15.2. The molecule has 2 heterocycles. The average Bonchev–Trinajstić information content (AvgIpc) is 2.79. The molecule has 0 aliphatic carbocycles. The van der Waals surface area contributed by atoms with Crippen LogP contribution in [0.5, 0.6) is 0 Å². The van der Waals surface area contributed by atoms with Gasteiger partial charge in [0.15, 0.2) is 5.96 Å². The Balaban J connectivity index is 0.00000264. The summed E-state index contributed by atoms with van der Waals surface area (Å²) in [6.07, 6.45) is 2.53. The summed E-state index contributed by atoms with van der Waals surface area (Å²) < 4.78 is 2.10. The summed E-state index contributed by atoms with van der Waals surface area (Å²) in [5, 5.41) is 8.08. The predicted octanol–water partition coefficient (Wildman–Crippen LogP) is 3.06.